The third-order valence-electron chi connectivity index (χ3n) is 4.28. The fourth-order valence-corrected chi connectivity index (χ4v) is 4.66. The van der Waals surface area contributed by atoms with E-state index >= 15 is 0 Å². The van der Waals surface area contributed by atoms with Crippen LogP contribution in [-0.4, -0.2) is 56.3 Å². The molecule has 1 amide bonds. The predicted octanol–water partition coefficient (Wildman–Crippen LogP) is 3.09. The van der Waals surface area contributed by atoms with Crippen molar-refractivity contribution >= 4 is 27.5 Å². The number of alkyl halides is 2. The lowest BCUT2D eigenvalue weighted by Crippen LogP contribution is -2.50. The van der Waals surface area contributed by atoms with Crippen molar-refractivity contribution in [3.63, 3.8) is 0 Å². The van der Waals surface area contributed by atoms with Crippen LogP contribution in [0.3, 0.4) is 0 Å². The van der Waals surface area contributed by atoms with Crippen molar-refractivity contribution in [3.8, 4) is 5.75 Å². The number of ether oxygens (including phenoxy) is 1. The average molecular weight is 431 g/mol. The minimum atomic E-state index is -4.04. The first-order valence-electron chi connectivity index (χ1n) is 8.38. The second kappa shape index (κ2) is 8.42. The summed E-state index contributed by atoms with van der Waals surface area (Å²) >= 11 is 5.91. The van der Waals surface area contributed by atoms with Gasteiger partial charge in [0.2, 0.25) is 10.0 Å². The van der Waals surface area contributed by atoms with Gasteiger partial charge in [0.05, 0.1) is 0 Å². The summed E-state index contributed by atoms with van der Waals surface area (Å²) in [5.74, 6) is -0.657. The molecule has 0 atom stereocenters. The molecular weight excluding hydrogens is 414 g/mol. The Morgan fingerprint density at radius 1 is 1.04 bits per heavy atom. The van der Waals surface area contributed by atoms with Crippen LogP contribution in [0.25, 0.3) is 0 Å². The van der Waals surface area contributed by atoms with Crippen LogP contribution in [0, 0.1) is 0 Å². The number of piperazine rings is 1. The summed E-state index contributed by atoms with van der Waals surface area (Å²) in [7, 11) is -4.04. The highest BCUT2D eigenvalue weighted by Crippen LogP contribution is 2.28. The van der Waals surface area contributed by atoms with E-state index in [-0.39, 0.29) is 37.0 Å². The number of amides is 1. The third-order valence-corrected chi connectivity index (χ3v) is 6.45. The Labute approximate surface area is 166 Å². The predicted molar refractivity (Wildman–Crippen MR) is 99.2 cm³/mol. The molecule has 1 saturated heterocycles. The van der Waals surface area contributed by atoms with E-state index in [0.717, 1.165) is 4.31 Å². The van der Waals surface area contributed by atoms with Crippen molar-refractivity contribution in [2.75, 3.05) is 26.2 Å². The monoisotopic (exact) mass is 430 g/mol. The lowest BCUT2D eigenvalue weighted by atomic mass is 10.2. The van der Waals surface area contributed by atoms with E-state index in [4.69, 9.17) is 11.6 Å². The molecule has 6 nitrogen and oxygen atoms in total. The van der Waals surface area contributed by atoms with Crippen molar-refractivity contribution in [1.29, 1.82) is 0 Å². The summed E-state index contributed by atoms with van der Waals surface area (Å²) in [6, 6.07) is 11.7. The molecule has 0 spiro atoms. The highest BCUT2D eigenvalue weighted by atomic mass is 35.5. The molecule has 0 radical (unpaired) electrons. The van der Waals surface area contributed by atoms with Crippen molar-refractivity contribution < 1.29 is 26.7 Å². The number of hydrogen-bond donors (Lipinski definition) is 0. The number of hydrogen-bond acceptors (Lipinski definition) is 4. The van der Waals surface area contributed by atoms with Crippen molar-refractivity contribution in [2.45, 2.75) is 11.5 Å². The Bertz CT molecular complexity index is 964. The number of rotatable bonds is 5. The number of halogens is 3. The summed E-state index contributed by atoms with van der Waals surface area (Å²) in [6.45, 7) is -2.72. The van der Waals surface area contributed by atoms with Gasteiger partial charge in [-0.25, -0.2) is 8.42 Å². The SMILES string of the molecule is O=C(c1cccc(Cl)c1)N1CCN(S(=O)(=O)c2ccccc2OC(F)F)CC1. The molecule has 2 aromatic rings. The molecule has 3 rings (SSSR count). The van der Waals surface area contributed by atoms with Crippen molar-refractivity contribution in [3.05, 3.63) is 59.1 Å². The van der Waals surface area contributed by atoms with E-state index in [9.17, 15) is 22.0 Å². The Morgan fingerprint density at radius 2 is 1.71 bits per heavy atom. The number of nitrogens with zero attached hydrogens (tertiary/aromatic N) is 2. The normalized spacial score (nSPS) is 15.6. The second-order valence-corrected chi connectivity index (χ2v) is 8.37. The number of para-hydroxylation sites is 1. The van der Waals surface area contributed by atoms with Crippen LogP contribution in [0.4, 0.5) is 8.78 Å². The van der Waals surface area contributed by atoms with Gasteiger partial charge in [0.15, 0.2) is 0 Å². The smallest absolute Gasteiger partial charge is 0.387 e. The fraction of sp³-hybridized carbons (Fsp3) is 0.278. The van der Waals surface area contributed by atoms with Gasteiger partial charge in [0, 0.05) is 36.8 Å². The molecule has 0 aromatic heterocycles. The number of benzene rings is 2. The third kappa shape index (κ3) is 4.43. The van der Waals surface area contributed by atoms with Gasteiger partial charge in [-0.15, -0.1) is 0 Å². The zero-order valence-corrected chi connectivity index (χ0v) is 16.2. The number of sulfonamides is 1. The zero-order chi connectivity index (χ0) is 20.3. The minimum absolute atomic E-state index is 0.0393. The molecule has 0 bridgehead atoms. The molecule has 1 heterocycles. The lowest BCUT2D eigenvalue weighted by Gasteiger charge is -2.34. The Morgan fingerprint density at radius 3 is 2.36 bits per heavy atom. The summed E-state index contributed by atoms with van der Waals surface area (Å²) in [4.78, 5) is 13.7. The molecule has 1 aliphatic heterocycles. The van der Waals surface area contributed by atoms with Crippen LogP contribution in [0.1, 0.15) is 10.4 Å². The minimum Gasteiger partial charge on any atom is -0.433 e. The maximum Gasteiger partial charge on any atom is 0.387 e. The van der Waals surface area contributed by atoms with E-state index < -0.39 is 22.4 Å². The lowest BCUT2D eigenvalue weighted by molar-refractivity contribution is -0.0518. The molecule has 0 unspecified atom stereocenters. The molecule has 1 fully saturated rings. The maximum absolute atomic E-state index is 12.9. The van der Waals surface area contributed by atoms with Crippen LogP contribution in [0.2, 0.25) is 5.02 Å². The van der Waals surface area contributed by atoms with Crippen LogP contribution in [0.15, 0.2) is 53.4 Å². The summed E-state index contributed by atoms with van der Waals surface area (Å²) < 4.78 is 56.4. The zero-order valence-electron chi connectivity index (χ0n) is 14.6. The second-order valence-electron chi connectivity index (χ2n) is 6.03. The molecule has 1 aliphatic rings. The first kappa shape index (κ1) is 20.5. The van der Waals surface area contributed by atoms with Crippen LogP contribution >= 0.6 is 11.6 Å². The van der Waals surface area contributed by atoms with E-state index in [0.29, 0.717) is 10.6 Å². The van der Waals surface area contributed by atoms with Gasteiger partial charge in [-0.3, -0.25) is 4.79 Å². The first-order valence-corrected chi connectivity index (χ1v) is 10.2. The van der Waals surface area contributed by atoms with Gasteiger partial charge in [-0.2, -0.15) is 13.1 Å². The van der Waals surface area contributed by atoms with Crippen LogP contribution in [0.5, 0.6) is 5.75 Å². The van der Waals surface area contributed by atoms with Crippen LogP contribution in [-0.2, 0) is 10.0 Å². The summed E-state index contributed by atoms with van der Waals surface area (Å²) in [5.41, 5.74) is 0.416. The van der Waals surface area contributed by atoms with Gasteiger partial charge in [-0.05, 0) is 30.3 Å². The largest absolute Gasteiger partial charge is 0.433 e. The van der Waals surface area contributed by atoms with Gasteiger partial charge in [0.25, 0.3) is 5.91 Å². The molecule has 28 heavy (non-hydrogen) atoms. The van der Waals surface area contributed by atoms with Gasteiger partial charge in [-0.1, -0.05) is 29.8 Å². The number of carbonyl (C=O) groups excluding carboxylic acids is 1. The molecule has 0 aliphatic carbocycles. The van der Waals surface area contributed by atoms with Crippen molar-refractivity contribution in [2.24, 2.45) is 0 Å². The topological polar surface area (TPSA) is 66.9 Å². The van der Waals surface area contributed by atoms with Crippen LogP contribution < -0.4 is 4.74 Å². The first-order chi connectivity index (χ1) is 13.3. The van der Waals surface area contributed by atoms with Gasteiger partial charge < -0.3 is 9.64 Å². The number of carbonyl (C=O) groups is 1. The van der Waals surface area contributed by atoms with E-state index in [1.807, 2.05) is 0 Å². The summed E-state index contributed by atoms with van der Waals surface area (Å²) in [6.07, 6.45) is 0. The Balaban J connectivity index is 1.73. The molecule has 150 valence electrons. The molecule has 10 heteroatoms. The van der Waals surface area contributed by atoms with E-state index in [2.05, 4.69) is 4.74 Å². The summed E-state index contributed by atoms with van der Waals surface area (Å²) in [5, 5.41) is 0.433. The maximum atomic E-state index is 12.9. The Kier molecular flexibility index (Phi) is 6.17. The average Bonchev–Trinajstić information content (AvgIpc) is 2.67. The quantitative estimate of drug-likeness (QED) is 0.731. The fourth-order valence-electron chi connectivity index (χ4n) is 2.93. The highest BCUT2D eigenvalue weighted by Gasteiger charge is 2.32. The van der Waals surface area contributed by atoms with Gasteiger partial charge in [0.1, 0.15) is 10.6 Å². The molecule has 0 saturated carbocycles. The molecule has 2 aromatic carbocycles. The Hall–Kier alpha value is -2.23. The van der Waals surface area contributed by atoms with E-state index in [1.165, 1.54) is 29.2 Å². The molecule has 0 N–H and O–H groups in total. The standard InChI is InChI=1S/C18H17ClF2N2O4S/c19-14-5-3-4-13(12-14)17(24)22-8-10-23(11-9-22)28(25,26)16-7-2-1-6-15(16)27-18(20)21/h1-7,12,18H,8-11H2. The molecular formula is C18H17ClF2N2O4S. The van der Waals surface area contributed by atoms with Crippen molar-refractivity contribution in [1.82, 2.24) is 9.21 Å². The van der Waals surface area contributed by atoms with Gasteiger partial charge >= 0.3 is 6.61 Å². The highest BCUT2D eigenvalue weighted by molar-refractivity contribution is 7.89. The van der Waals surface area contributed by atoms with E-state index in [1.54, 1.807) is 24.3 Å².